The van der Waals surface area contributed by atoms with Crippen molar-refractivity contribution < 1.29 is 4.42 Å². The van der Waals surface area contributed by atoms with Crippen molar-refractivity contribution in [3.8, 4) is 0 Å². The van der Waals surface area contributed by atoms with Crippen LogP contribution in [0, 0.1) is 5.92 Å². The van der Waals surface area contributed by atoms with Crippen LogP contribution in [0.1, 0.15) is 47.6 Å². The molecule has 1 aromatic heterocycles. The average molecular weight is 286 g/mol. The van der Waals surface area contributed by atoms with E-state index in [2.05, 4.69) is 67.7 Å². The fourth-order valence-electron chi connectivity index (χ4n) is 4.15. The largest absolute Gasteiger partial charge is 0.456 e. The molecule has 0 radical (unpaired) electrons. The highest BCUT2D eigenvalue weighted by molar-refractivity contribution is 5.95. The fourth-order valence-corrected chi connectivity index (χ4v) is 4.15. The van der Waals surface area contributed by atoms with Gasteiger partial charge in [-0.05, 0) is 35.6 Å². The third-order valence-corrected chi connectivity index (χ3v) is 5.28. The van der Waals surface area contributed by atoms with Gasteiger partial charge in [0.15, 0.2) is 0 Å². The minimum absolute atomic E-state index is 0.406. The van der Waals surface area contributed by atoms with E-state index in [9.17, 15) is 0 Å². The summed E-state index contributed by atoms with van der Waals surface area (Å²) in [6.07, 6.45) is 19.1. The Morgan fingerprint density at radius 1 is 1.05 bits per heavy atom. The molecule has 1 aromatic carbocycles. The van der Waals surface area contributed by atoms with Crippen LogP contribution in [0.5, 0.6) is 0 Å². The van der Waals surface area contributed by atoms with Crippen LogP contribution in [0.3, 0.4) is 0 Å². The summed E-state index contributed by atoms with van der Waals surface area (Å²) in [5, 5.41) is 1.33. The third-order valence-electron chi connectivity index (χ3n) is 5.28. The van der Waals surface area contributed by atoms with Gasteiger partial charge in [-0.15, -0.1) is 0 Å². The van der Waals surface area contributed by atoms with Crippen molar-refractivity contribution in [2.75, 3.05) is 0 Å². The first kappa shape index (κ1) is 12.3. The molecule has 3 aliphatic rings. The van der Waals surface area contributed by atoms with Gasteiger partial charge in [0, 0.05) is 22.8 Å². The van der Waals surface area contributed by atoms with Crippen LogP contribution >= 0.6 is 0 Å². The molecule has 1 heterocycles. The Balaban J connectivity index is 1.86. The van der Waals surface area contributed by atoms with Gasteiger partial charge in [-0.25, -0.2) is 0 Å². The predicted molar refractivity (Wildman–Crippen MR) is 91.8 cm³/mol. The van der Waals surface area contributed by atoms with Gasteiger partial charge in [0.2, 0.25) is 0 Å². The number of rotatable bonds is 0. The second-order valence-corrected chi connectivity index (χ2v) is 6.59. The standard InChI is InChI=1S/C21H18O/c1-13-5-4-8-17-15(13)10-12-19-21(17)20-16-7-3-2-6-14(16)9-11-18(20)22-19/h2-4,6-14,16H,5H2,1H3. The molecule has 0 saturated heterocycles. The number of fused-ring (bicyclic) bond motifs is 7. The first-order valence-electron chi connectivity index (χ1n) is 8.12. The van der Waals surface area contributed by atoms with E-state index in [0.717, 1.165) is 17.8 Å². The lowest BCUT2D eigenvalue weighted by molar-refractivity contribution is 0.578. The predicted octanol–water partition coefficient (Wildman–Crippen LogP) is 5.81. The molecule has 0 amide bonds. The van der Waals surface area contributed by atoms with E-state index in [0.29, 0.717) is 17.8 Å². The Morgan fingerprint density at radius 2 is 1.95 bits per heavy atom. The first-order valence-corrected chi connectivity index (χ1v) is 8.12. The number of hydrogen-bond acceptors (Lipinski definition) is 1. The molecule has 2 aromatic rings. The van der Waals surface area contributed by atoms with Crippen molar-refractivity contribution in [3.63, 3.8) is 0 Å². The first-order chi connectivity index (χ1) is 10.8. The highest BCUT2D eigenvalue weighted by Gasteiger charge is 2.30. The Kier molecular flexibility index (Phi) is 2.43. The molecule has 0 N–H and O–H groups in total. The monoisotopic (exact) mass is 286 g/mol. The molecule has 1 nitrogen and oxygen atoms in total. The van der Waals surface area contributed by atoms with E-state index < -0.39 is 0 Å². The molecule has 0 fully saturated rings. The smallest absolute Gasteiger partial charge is 0.135 e. The van der Waals surface area contributed by atoms with Gasteiger partial charge in [0.05, 0.1) is 0 Å². The summed E-state index contributed by atoms with van der Waals surface area (Å²) in [6, 6.07) is 4.41. The van der Waals surface area contributed by atoms with Crippen molar-refractivity contribution in [2.45, 2.75) is 25.2 Å². The molecule has 0 aliphatic heterocycles. The Hall–Kier alpha value is -2.28. The lowest BCUT2D eigenvalue weighted by Crippen LogP contribution is -2.13. The quantitative estimate of drug-likeness (QED) is 0.596. The van der Waals surface area contributed by atoms with Crippen LogP contribution in [-0.4, -0.2) is 0 Å². The Labute approximate surface area is 130 Å². The molecule has 22 heavy (non-hydrogen) atoms. The maximum atomic E-state index is 6.16. The zero-order chi connectivity index (χ0) is 14.7. The van der Waals surface area contributed by atoms with E-state index in [4.69, 9.17) is 4.42 Å². The molecular weight excluding hydrogens is 268 g/mol. The number of allylic oxidation sites excluding steroid dienone is 6. The molecule has 0 spiro atoms. The van der Waals surface area contributed by atoms with Crippen LogP contribution in [0.15, 0.2) is 53.0 Å². The normalized spacial score (nSPS) is 27.8. The number of furan rings is 1. The van der Waals surface area contributed by atoms with Crippen molar-refractivity contribution in [1.29, 1.82) is 0 Å². The summed E-state index contributed by atoms with van der Waals surface area (Å²) in [5.41, 5.74) is 5.23. The Morgan fingerprint density at radius 3 is 2.91 bits per heavy atom. The molecule has 3 atom stereocenters. The van der Waals surface area contributed by atoms with E-state index in [-0.39, 0.29) is 0 Å². The zero-order valence-electron chi connectivity index (χ0n) is 12.6. The Bertz CT molecular complexity index is 888. The fraction of sp³-hybridized carbons (Fsp3) is 0.238. The van der Waals surface area contributed by atoms with E-state index in [1.807, 2.05) is 0 Å². The summed E-state index contributed by atoms with van der Waals surface area (Å²) < 4.78 is 6.16. The van der Waals surface area contributed by atoms with Crippen molar-refractivity contribution >= 4 is 23.1 Å². The van der Waals surface area contributed by atoms with Gasteiger partial charge < -0.3 is 4.42 Å². The van der Waals surface area contributed by atoms with Crippen LogP contribution in [0.4, 0.5) is 0 Å². The van der Waals surface area contributed by atoms with Crippen molar-refractivity contribution in [3.05, 3.63) is 71.0 Å². The minimum atomic E-state index is 0.406. The maximum Gasteiger partial charge on any atom is 0.135 e. The molecule has 1 heteroatoms. The van der Waals surface area contributed by atoms with Crippen LogP contribution in [0.25, 0.3) is 23.1 Å². The third kappa shape index (κ3) is 1.54. The van der Waals surface area contributed by atoms with Gasteiger partial charge in [0.1, 0.15) is 11.3 Å². The second-order valence-electron chi connectivity index (χ2n) is 6.59. The summed E-state index contributed by atoms with van der Waals surface area (Å²) in [4.78, 5) is 0. The molecule has 3 aliphatic carbocycles. The van der Waals surface area contributed by atoms with Crippen molar-refractivity contribution in [1.82, 2.24) is 0 Å². The van der Waals surface area contributed by atoms with E-state index >= 15 is 0 Å². The van der Waals surface area contributed by atoms with Crippen LogP contribution in [0.2, 0.25) is 0 Å². The molecule has 0 bridgehead atoms. The maximum absolute atomic E-state index is 6.16. The summed E-state index contributed by atoms with van der Waals surface area (Å²) in [6.45, 7) is 2.31. The van der Waals surface area contributed by atoms with Gasteiger partial charge in [-0.2, -0.15) is 0 Å². The topological polar surface area (TPSA) is 13.1 Å². The molecule has 5 rings (SSSR count). The van der Waals surface area contributed by atoms with Crippen LogP contribution < -0.4 is 0 Å². The minimum Gasteiger partial charge on any atom is -0.456 e. The summed E-state index contributed by atoms with van der Waals surface area (Å²) in [7, 11) is 0. The highest BCUT2D eigenvalue weighted by Crippen LogP contribution is 2.46. The average Bonchev–Trinajstić information content (AvgIpc) is 2.94. The summed E-state index contributed by atoms with van der Waals surface area (Å²) in [5.74, 6) is 2.49. The van der Waals surface area contributed by atoms with E-state index in [1.165, 1.54) is 22.1 Å². The highest BCUT2D eigenvalue weighted by atomic mass is 16.3. The van der Waals surface area contributed by atoms with Crippen LogP contribution in [-0.2, 0) is 0 Å². The lowest BCUT2D eigenvalue weighted by atomic mass is 9.76. The second kappa shape index (κ2) is 4.36. The molecule has 0 saturated carbocycles. The van der Waals surface area contributed by atoms with Gasteiger partial charge >= 0.3 is 0 Å². The van der Waals surface area contributed by atoms with Gasteiger partial charge in [0.25, 0.3) is 0 Å². The summed E-state index contributed by atoms with van der Waals surface area (Å²) >= 11 is 0. The van der Waals surface area contributed by atoms with Crippen molar-refractivity contribution in [2.24, 2.45) is 5.92 Å². The molecule has 3 unspecified atom stereocenters. The van der Waals surface area contributed by atoms with Gasteiger partial charge in [-0.3, -0.25) is 0 Å². The number of hydrogen-bond donors (Lipinski definition) is 0. The van der Waals surface area contributed by atoms with Gasteiger partial charge in [-0.1, -0.05) is 55.5 Å². The zero-order valence-corrected chi connectivity index (χ0v) is 12.6. The van der Waals surface area contributed by atoms with E-state index in [1.54, 1.807) is 0 Å². The molecule has 108 valence electrons. The number of benzene rings is 1. The molecular formula is C21H18O. The lowest BCUT2D eigenvalue weighted by Gasteiger charge is -2.26. The SMILES string of the molecule is CC1CC=Cc2c1ccc1oc3c(c21)C1C=CC=CC1C=C3.